The Hall–Kier alpha value is -2.44. The van der Waals surface area contributed by atoms with Gasteiger partial charge in [0.15, 0.2) is 0 Å². The second kappa shape index (κ2) is 7.43. The predicted molar refractivity (Wildman–Crippen MR) is 103 cm³/mol. The van der Waals surface area contributed by atoms with Gasteiger partial charge in [-0.05, 0) is 38.0 Å². The molecule has 2 aromatic carbocycles. The minimum absolute atomic E-state index is 0.246. The maximum atomic E-state index is 13.1. The number of benzene rings is 2. The molecule has 0 fully saturated rings. The number of para-hydroxylation sites is 1. The highest BCUT2D eigenvalue weighted by Gasteiger charge is 2.27. The van der Waals surface area contributed by atoms with Crippen molar-refractivity contribution in [2.75, 3.05) is 0 Å². The summed E-state index contributed by atoms with van der Waals surface area (Å²) < 4.78 is 30.7. The zero-order valence-electron chi connectivity index (χ0n) is 15.2. The topological polar surface area (TPSA) is 64.0 Å². The fourth-order valence-electron chi connectivity index (χ4n) is 3.16. The van der Waals surface area contributed by atoms with Crippen LogP contribution in [0.3, 0.4) is 0 Å². The Morgan fingerprint density at radius 3 is 2.15 bits per heavy atom. The summed E-state index contributed by atoms with van der Waals surface area (Å²) in [4.78, 5) is 0.246. The molecule has 1 heterocycles. The van der Waals surface area contributed by atoms with E-state index in [1.807, 2.05) is 67.6 Å². The van der Waals surface area contributed by atoms with Gasteiger partial charge >= 0.3 is 0 Å². The zero-order chi connectivity index (χ0) is 18.7. The van der Waals surface area contributed by atoms with Crippen LogP contribution >= 0.6 is 0 Å². The van der Waals surface area contributed by atoms with Crippen LogP contribution in [0.5, 0.6) is 0 Å². The largest absolute Gasteiger partial charge is 0.244 e. The molecule has 136 valence electrons. The summed E-state index contributed by atoms with van der Waals surface area (Å²) in [5.74, 6) is 0. The number of aromatic nitrogens is 2. The van der Waals surface area contributed by atoms with Gasteiger partial charge in [-0.1, -0.05) is 55.5 Å². The lowest BCUT2D eigenvalue weighted by Gasteiger charge is -2.17. The molecule has 0 saturated heterocycles. The third-order valence-corrected chi connectivity index (χ3v) is 6.13. The fraction of sp³-hybridized carbons (Fsp3) is 0.250. The molecule has 1 atom stereocenters. The van der Waals surface area contributed by atoms with Gasteiger partial charge in [-0.2, -0.15) is 5.10 Å². The summed E-state index contributed by atoms with van der Waals surface area (Å²) in [5, 5.41) is 4.45. The van der Waals surface area contributed by atoms with E-state index in [9.17, 15) is 8.42 Å². The molecule has 0 aliphatic rings. The maximum absolute atomic E-state index is 13.1. The normalized spacial score (nSPS) is 12.9. The second-order valence-corrected chi connectivity index (χ2v) is 7.89. The molecule has 0 bridgehead atoms. The van der Waals surface area contributed by atoms with Crippen molar-refractivity contribution >= 4 is 10.0 Å². The third kappa shape index (κ3) is 3.57. The van der Waals surface area contributed by atoms with E-state index in [2.05, 4.69) is 9.82 Å². The van der Waals surface area contributed by atoms with Gasteiger partial charge in [0.05, 0.1) is 17.1 Å². The van der Waals surface area contributed by atoms with Gasteiger partial charge < -0.3 is 0 Å². The highest BCUT2D eigenvalue weighted by molar-refractivity contribution is 7.89. The van der Waals surface area contributed by atoms with E-state index in [1.54, 1.807) is 18.5 Å². The first-order chi connectivity index (χ1) is 12.4. The van der Waals surface area contributed by atoms with Gasteiger partial charge in [-0.15, -0.1) is 0 Å². The average molecular weight is 369 g/mol. The Morgan fingerprint density at radius 2 is 1.58 bits per heavy atom. The molecule has 3 rings (SSSR count). The van der Waals surface area contributed by atoms with Crippen molar-refractivity contribution in [2.24, 2.45) is 0 Å². The van der Waals surface area contributed by atoms with Crippen molar-refractivity contribution in [3.05, 3.63) is 77.6 Å². The Bertz CT molecular complexity index is 981. The molecule has 26 heavy (non-hydrogen) atoms. The van der Waals surface area contributed by atoms with Crippen molar-refractivity contribution < 1.29 is 8.42 Å². The second-order valence-electron chi connectivity index (χ2n) is 6.24. The molecule has 6 heteroatoms. The Kier molecular flexibility index (Phi) is 5.25. The third-order valence-electron chi connectivity index (χ3n) is 4.40. The van der Waals surface area contributed by atoms with Crippen LogP contribution in [0, 0.1) is 13.8 Å². The Morgan fingerprint density at radius 1 is 1.00 bits per heavy atom. The van der Waals surface area contributed by atoms with Crippen molar-refractivity contribution in [2.45, 2.75) is 38.1 Å². The summed E-state index contributed by atoms with van der Waals surface area (Å²) in [6.45, 7) is 5.47. The van der Waals surface area contributed by atoms with E-state index < -0.39 is 10.0 Å². The van der Waals surface area contributed by atoms with Crippen LogP contribution in [0.25, 0.3) is 5.69 Å². The molecular formula is C20H23N3O2S. The van der Waals surface area contributed by atoms with Gasteiger partial charge in [0.2, 0.25) is 10.0 Å². The highest BCUT2D eigenvalue weighted by atomic mass is 32.2. The lowest BCUT2D eigenvalue weighted by Crippen LogP contribution is -2.29. The molecule has 0 radical (unpaired) electrons. The Balaban J connectivity index is 1.99. The molecule has 5 nitrogen and oxygen atoms in total. The van der Waals surface area contributed by atoms with Crippen molar-refractivity contribution in [1.82, 2.24) is 14.5 Å². The number of aryl methyl sites for hydroxylation is 1. The number of sulfonamides is 1. The molecular weight excluding hydrogens is 346 g/mol. The van der Waals surface area contributed by atoms with Gasteiger partial charge in [0.25, 0.3) is 0 Å². The van der Waals surface area contributed by atoms with Crippen LogP contribution in [0.2, 0.25) is 0 Å². The van der Waals surface area contributed by atoms with Crippen molar-refractivity contribution in [3.63, 3.8) is 0 Å². The van der Waals surface area contributed by atoms with Gasteiger partial charge in [0.1, 0.15) is 4.90 Å². The van der Waals surface area contributed by atoms with E-state index in [-0.39, 0.29) is 10.9 Å². The van der Waals surface area contributed by atoms with Crippen LogP contribution in [-0.2, 0) is 10.0 Å². The molecule has 0 aliphatic heterocycles. The number of nitrogens with zero attached hydrogens (tertiary/aromatic N) is 2. The lowest BCUT2D eigenvalue weighted by atomic mass is 10.1. The maximum Gasteiger partial charge on any atom is 0.244 e. The smallest absolute Gasteiger partial charge is 0.236 e. The van der Waals surface area contributed by atoms with E-state index in [4.69, 9.17) is 0 Å². The molecule has 1 N–H and O–H groups in total. The van der Waals surface area contributed by atoms with E-state index in [0.29, 0.717) is 17.8 Å². The molecule has 0 aliphatic carbocycles. The minimum atomic E-state index is -3.70. The first-order valence-electron chi connectivity index (χ1n) is 8.63. The molecule has 0 saturated carbocycles. The summed E-state index contributed by atoms with van der Waals surface area (Å²) in [6, 6.07) is 18.9. The van der Waals surface area contributed by atoms with Crippen LogP contribution in [0.4, 0.5) is 0 Å². The molecule has 0 spiro atoms. The number of hydrogen-bond donors (Lipinski definition) is 1. The molecule has 3 aromatic rings. The first kappa shape index (κ1) is 18.4. The van der Waals surface area contributed by atoms with Crippen LogP contribution < -0.4 is 4.72 Å². The highest BCUT2D eigenvalue weighted by Crippen LogP contribution is 2.25. The van der Waals surface area contributed by atoms with Crippen LogP contribution in [0.15, 0.2) is 65.6 Å². The average Bonchev–Trinajstić information content (AvgIpc) is 2.96. The summed E-state index contributed by atoms with van der Waals surface area (Å²) in [7, 11) is -3.70. The predicted octanol–water partition coefficient (Wildman–Crippen LogP) is 3.92. The monoisotopic (exact) mass is 369 g/mol. The van der Waals surface area contributed by atoms with Crippen molar-refractivity contribution in [3.8, 4) is 5.69 Å². The molecule has 1 aromatic heterocycles. The van der Waals surface area contributed by atoms with E-state index in [1.165, 1.54) is 0 Å². The summed E-state index contributed by atoms with van der Waals surface area (Å²) >= 11 is 0. The summed E-state index contributed by atoms with van der Waals surface area (Å²) in [6.07, 6.45) is 0.661. The molecule has 1 unspecified atom stereocenters. The number of nitrogens with one attached hydrogen (secondary N) is 1. The lowest BCUT2D eigenvalue weighted by molar-refractivity contribution is 0.549. The van der Waals surface area contributed by atoms with Crippen LogP contribution in [-0.4, -0.2) is 18.2 Å². The van der Waals surface area contributed by atoms with Gasteiger partial charge in [0, 0.05) is 6.04 Å². The number of hydrogen-bond acceptors (Lipinski definition) is 3. The SMILES string of the molecule is CCC(NS(=O)(=O)c1c(C)nn(-c2ccccc2)c1C)c1ccccc1. The quantitative estimate of drug-likeness (QED) is 0.716. The first-order valence-corrected chi connectivity index (χ1v) is 10.1. The van der Waals surface area contributed by atoms with E-state index in [0.717, 1.165) is 11.3 Å². The number of rotatable bonds is 6. The standard InChI is InChI=1S/C20H23N3O2S/c1-4-19(17-11-7-5-8-12-17)22-26(24,25)20-15(2)21-23(16(20)3)18-13-9-6-10-14-18/h5-14,19,22H,4H2,1-3H3. The minimum Gasteiger partial charge on any atom is -0.236 e. The Labute approximate surface area is 154 Å². The summed E-state index contributed by atoms with van der Waals surface area (Å²) in [5.41, 5.74) is 2.87. The van der Waals surface area contributed by atoms with Crippen molar-refractivity contribution in [1.29, 1.82) is 0 Å². The van der Waals surface area contributed by atoms with Gasteiger partial charge in [-0.3, -0.25) is 0 Å². The van der Waals surface area contributed by atoms with E-state index >= 15 is 0 Å². The van der Waals surface area contributed by atoms with Crippen LogP contribution in [0.1, 0.15) is 36.3 Å². The molecule has 0 amide bonds. The zero-order valence-corrected chi connectivity index (χ0v) is 16.0. The van der Waals surface area contributed by atoms with Gasteiger partial charge in [-0.25, -0.2) is 17.8 Å². The fourth-order valence-corrected chi connectivity index (χ4v) is 4.86.